The smallest absolute Gasteiger partial charge is 0.225 e. The molecule has 3 aliphatic heterocycles. The lowest BCUT2D eigenvalue weighted by atomic mass is 9.90. The fraction of sp³-hybridized carbons (Fsp3) is 0.538. The lowest BCUT2D eigenvalue weighted by Gasteiger charge is -2.11. The average Bonchev–Trinajstić information content (AvgIpc) is 2.98. The van der Waals surface area contributed by atoms with Crippen LogP contribution < -0.4 is 0 Å². The molecule has 78 valence electrons. The van der Waals surface area contributed by atoms with Gasteiger partial charge in [-0.15, -0.1) is 0 Å². The zero-order chi connectivity index (χ0) is 10.1. The van der Waals surface area contributed by atoms with Gasteiger partial charge < -0.3 is 4.74 Å². The molecule has 2 nitrogen and oxygen atoms in total. The highest BCUT2D eigenvalue weighted by Crippen LogP contribution is 2.73. The van der Waals surface area contributed by atoms with Gasteiger partial charge >= 0.3 is 0 Å². The van der Waals surface area contributed by atoms with Gasteiger partial charge in [-0.25, -0.2) is 0 Å². The van der Waals surface area contributed by atoms with Crippen LogP contribution in [0.3, 0.4) is 0 Å². The van der Waals surface area contributed by atoms with Gasteiger partial charge in [-0.1, -0.05) is 18.2 Å². The fourth-order valence-electron chi connectivity index (χ4n) is 3.67. The molecule has 0 spiro atoms. The predicted molar refractivity (Wildman–Crippen MR) is 57.4 cm³/mol. The van der Waals surface area contributed by atoms with Crippen LogP contribution in [-0.4, -0.2) is 31.3 Å². The zero-order valence-corrected chi connectivity index (χ0v) is 9.12. The van der Waals surface area contributed by atoms with Gasteiger partial charge in [0.25, 0.3) is 0 Å². The Labute approximate surface area is 90.1 Å². The Morgan fingerprint density at radius 3 is 3.07 bits per heavy atom. The summed E-state index contributed by atoms with van der Waals surface area (Å²) < 4.78 is 6.59. The first kappa shape index (κ1) is 8.31. The van der Waals surface area contributed by atoms with Crippen LogP contribution in [0.1, 0.15) is 16.7 Å². The molecule has 0 N–H and O–H groups in total. The second-order valence-electron chi connectivity index (χ2n) is 5.35. The largest absolute Gasteiger partial charge is 0.384 e. The first-order chi connectivity index (χ1) is 7.31. The van der Waals surface area contributed by atoms with E-state index >= 15 is 0 Å². The molecule has 2 saturated heterocycles. The van der Waals surface area contributed by atoms with Gasteiger partial charge in [0.15, 0.2) is 0 Å². The number of methoxy groups -OCH3 is 1. The molecule has 0 aliphatic carbocycles. The number of rotatable bonds is 3. The van der Waals surface area contributed by atoms with Crippen LogP contribution in [0.15, 0.2) is 18.2 Å². The van der Waals surface area contributed by atoms with Crippen molar-refractivity contribution in [3.8, 4) is 0 Å². The van der Waals surface area contributed by atoms with E-state index in [2.05, 4.69) is 18.2 Å². The standard InChI is InChI=1S/C13H16NO/c1-15-6-5-10-3-2-4-11-7-14-8-13(14,9-14)12(10)11/h2-4H,5-9H2,1H3/q+1. The Kier molecular flexibility index (Phi) is 1.26. The van der Waals surface area contributed by atoms with Crippen molar-refractivity contribution in [1.82, 2.24) is 0 Å². The summed E-state index contributed by atoms with van der Waals surface area (Å²) >= 11 is 0. The Morgan fingerprint density at radius 2 is 2.27 bits per heavy atom. The molecule has 0 unspecified atom stereocenters. The summed E-state index contributed by atoms with van der Waals surface area (Å²) in [6.45, 7) is 5.00. The van der Waals surface area contributed by atoms with Crippen LogP contribution in [0, 0.1) is 0 Å². The van der Waals surface area contributed by atoms with Gasteiger partial charge in [-0.2, -0.15) is 0 Å². The van der Waals surface area contributed by atoms with Crippen molar-refractivity contribution < 1.29 is 9.22 Å². The molecule has 1 aromatic carbocycles. The number of ether oxygens (including phenoxy) is 1. The molecule has 2 heteroatoms. The summed E-state index contributed by atoms with van der Waals surface area (Å²) in [6.07, 6.45) is 1.08. The third-order valence-corrected chi connectivity index (χ3v) is 4.58. The van der Waals surface area contributed by atoms with Crippen molar-refractivity contribution in [2.75, 3.05) is 26.8 Å². The highest BCUT2D eigenvalue weighted by atomic mass is 16.5. The van der Waals surface area contributed by atoms with Crippen molar-refractivity contribution in [2.24, 2.45) is 0 Å². The monoisotopic (exact) mass is 202 g/mol. The molecule has 4 rings (SSSR count). The number of hydrogen-bond donors (Lipinski definition) is 0. The zero-order valence-electron chi connectivity index (χ0n) is 9.12. The fourth-order valence-corrected chi connectivity index (χ4v) is 3.67. The Bertz CT molecular complexity index is 446. The highest BCUT2D eigenvalue weighted by Gasteiger charge is 2.92. The van der Waals surface area contributed by atoms with Gasteiger partial charge in [0.1, 0.15) is 19.6 Å². The van der Waals surface area contributed by atoms with Crippen LogP contribution >= 0.6 is 0 Å². The summed E-state index contributed by atoms with van der Waals surface area (Å²) in [6, 6.07) is 6.83. The summed E-state index contributed by atoms with van der Waals surface area (Å²) in [7, 11) is 1.79. The molecule has 3 heterocycles. The summed E-state index contributed by atoms with van der Waals surface area (Å²) in [5.41, 5.74) is 5.46. The second-order valence-corrected chi connectivity index (χ2v) is 5.35. The molecular weight excluding hydrogens is 186 g/mol. The molecule has 15 heavy (non-hydrogen) atoms. The van der Waals surface area contributed by atoms with Crippen LogP contribution in [0.2, 0.25) is 0 Å². The van der Waals surface area contributed by atoms with E-state index in [0.29, 0.717) is 5.54 Å². The van der Waals surface area contributed by atoms with E-state index < -0.39 is 0 Å². The van der Waals surface area contributed by atoms with Crippen molar-refractivity contribution in [3.05, 3.63) is 34.9 Å². The molecule has 2 fully saturated rings. The first-order valence-corrected chi connectivity index (χ1v) is 5.78. The summed E-state index contributed by atoms with van der Waals surface area (Å²) in [4.78, 5) is 0. The van der Waals surface area contributed by atoms with Gasteiger partial charge in [-0.3, -0.25) is 4.48 Å². The van der Waals surface area contributed by atoms with E-state index in [-0.39, 0.29) is 0 Å². The van der Waals surface area contributed by atoms with Crippen molar-refractivity contribution in [1.29, 1.82) is 0 Å². The molecule has 3 aliphatic rings. The lowest BCUT2D eigenvalue weighted by molar-refractivity contribution is -0.721. The van der Waals surface area contributed by atoms with E-state index in [1.165, 1.54) is 24.1 Å². The lowest BCUT2D eigenvalue weighted by Crippen LogP contribution is -2.18. The third kappa shape index (κ3) is 0.800. The molecule has 1 aromatic rings. The van der Waals surface area contributed by atoms with Crippen LogP contribution in [0.4, 0.5) is 0 Å². The van der Waals surface area contributed by atoms with Gasteiger partial charge in [-0.05, 0) is 12.0 Å². The first-order valence-electron chi connectivity index (χ1n) is 5.78. The maximum atomic E-state index is 5.19. The van der Waals surface area contributed by atoms with E-state index in [0.717, 1.165) is 13.0 Å². The van der Waals surface area contributed by atoms with E-state index in [4.69, 9.17) is 4.74 Å². The minimum atomic E-state index is 0.611. The van der Waals surface area contributed by atoms with E-state index in [1.54, 1.807) is 23.8 Å². The number of nitrogens with zero attached hydrogens (tertiary/aromatic N) is 1. The molecule has 0 radical (unpaired) electrons. The molecular formula is C13H16NO+. The number of fused-ring (bicyclic) bond motifs is 1. The molecule has 0 aromatic heterocycles. The maximum absolute atomic E-state index is 5.19. The average molecular weight is 202 g/mol. The van der Waals surface area contributed by atoms with Crippen molar-refractivity contribution in [2.45, 2.75) is 18.5 Å². The number of benzene rings is 1. The maximum Gasteiger partial charge on any atom is 0.225 e. The quantitative estimate of drug-likeness (QED) is 0.532. The van der Waals surface area contributed by atoms with Crippen molar-refractivity contribution >= 4 is 0 Å². The number of hydrogen-bond acceptors (Lipinski definition) is 1. The van der Waals surface area contributed by atoms with Gasteiger partial charge in [0, 0.05) is 18.2 Å². The molecule has 0 saturated carbocycles. The molecule has 0 atom stereocenters. The minimum absolute atomic E-state index is 0.611. The van der Waals surface area contributed by atoms with E-state index in [1.807, 2.05) is 0 Å². The topological polar surface area (TPSA) is 9.23 Å². The molecule has 0 amide bonds. The van der Waals surface area contributed by atoms with Gasteiger partial charge in [0.2, 0.25) is 5.54 Å². The second kappa shape index (κ2) is 2.28. The van der Waals surface area contributed by atoms with E-state index in [9.17, 15) is 0 Å². The molecule has 0 bridgehead atoms. The normalized spacial score (nSPS) is 38.2. The highest BCUT2D eigenvalue weighted by molar-refractivity contribution is 5.49. The van der Waals surface area contributed by atoms with Crippen LogP contribution in [0.5, 0.6) is 0 Å². The Balaban J connectivity index is 1.78. The van der Waals surface area contributed by atoms with Crippen LogP contribution in [-0.2, 0) is 23.2 Å². The van der Waals surface area contributed by atoms with Crippen molar-refractivity contribution in [3.63, 3.8) is 0 Å². The Hall–Kier alpha value is -0.860. The van der Waals surface area contributed by atoms with Crippen LogP contribution in [0.25, 0.3) is 0 Å². The number of quaternary nitrogens is 1. The predicted octanol–water partition coefficient (Wildman–Crippen LogP) is 1.43. The summed E-state index contributed by atoms with van der Waals surface area (Å²) in [5, 5.41) is 0. The third-order valence-electron chi connectivity index (χ3n) is 4.58. The summed E-state index contributed by atoms with van der Waals surface area (Å²) in [5.74, 6) is 0. The SMILES string of the molecule is COCCc1cccc2c1C13C[N+]1(C2)C3. The van der Waals surface area contributed by atoms with Gasteiger partial charge in [0.05, 0.1) is 6.61 Å². The Morgan fingerprint density at radius 1 is 1.40 bits per heavy atom. The minimum Gasteiger partial charge on any atom is -0.384 e.